The average Bonchev–Trinajstić information content (AvgIpc) is 3.43. The number of halogens is 8. The van der Waals surface area contributed by atoms with Gasteiger partial charge in [-0.1, -0.05) is 23.8 Å². The Kier molecular flexibility index (Phi) is 10.2. The summed E-state index contributed by atoms with van der Waals surface area (Å²) in [4.78, 5) is 3.11. The quantitative estimate of drug-likeness (QED) is 0.101. The van der Waals surface area contributed by atoms with E-state index in [9.17, 15) is 39.3 Å². The lowest BCUT2D eigenvalue weighted by Crippen LogP contribution is -2.36. The first-order valence-corrected chi connectivity index (χ1v) is 16.2. The van der Waals surface area contributed by atoms with Crippen LogP contribution in [0.25, 0.3) is 16.9 Å². The highest BCUT2D eigenvalue weighted by atomic mass is 35.5. The molecule has 4 rings (SSSR count). The topological polar surface area (TPSA) is 69.7 Å². The van der Waals surface area contributed by atoms with Crippen molar-refractivity contribution >= 4 is 50.0 Å². The van der Waals surface area contributed by atoms with Gasteiger partial charge in [0.2, 0.25) is 5.83 Å². The predicted molar refractivity (Wildman–Crippen MR) is 163 cm³/mol. The molecule has 0 saturated heterocycles. The van der Waals surface area contributed by atoms with Crippen molar-refractivity contribution in [3.05, 3.63) is 82.4 Å². The number of allylic oxidation sites excluding steroid dienone is 4. The van der Waals surface area contributed by atoms with Crippen LogP contribution in [0.4, 0.5) is 42.1 Å². The Morgan fingerprint density at radius 1 is 0.957 bits per heavy atom. The number of aromatic nitrogens is 2. The van der Waals surface area contributed by atoms with Gasteiger partial charge in [-0.2, -0.15) is 39.2 Å². The maximum Gasteiger partial charge on any atom is 0.417 e. The highest BCUT2D eigenvalue weighted by Gasteiger charge is 2.39. The second-order valence-corrected chi connectivity index (χ2v) is 12.3. The fraction of sp³-hybridized carbons (Fsp3) is 0.367. The van der Waals surface area contributed by atoms with Crippen LogP contribution in [0.5, 0.6) is 0 Å². The zero-order valence-electron chi connectivity index (χ0n) is 24.9. The van der Waals surface area contributed by atoms with Crippen LogP contribution in [-0.4, -0.2) is 36.4 Å². The molecule has 1 aliphatic rings. The highest BCUT2D eigenvalue weighted by Crippen LogP contribution is 2.47. The van der Waals surface area contributed by atoms with Gasteiger partial charge in [-0.3, -0.25) is 4.55 Å². The summed E-state index contributed by atoms with van der Waals surface area (Å²) in [6.45, 7) is 5.80. The van der Waals surface area contributed by atoms with E-state index in [1.165, 1.54) is 39.8 Å². The normalized spacial score (nSPS) is 15.7. The molecule has 0 fully saturated rings. The van der Waals surface area contributed by atoms with Crippen LogP contribution >= 0.6 is 11.6 Å². The van der Waals surface area contributed by atoms with E-state index >= 15 is 4.39 Å². The van der Waals surface area contributed by atoms with Gasteiger partial charge in [-0.05, 0) is 63.6 Å². The zero-order valence-corrected chi connectivity index (χ0v) is 26.5. The minimum atomic E-state index is -4.76. The van der Waals surface area contributed by atoms with Gasteiger partial charge in [-0.15, -0.1) is 0 Å². The van der Waals surface area contributed by atoms with Crippen molar-refractivity contribution < 1.29 is 48.3 Å². The fourth-order valence-corrected chi connectivity index (χ4v) is 6.28. The van der Waals surface area contributed by atoms with E-state index in [1.54, 1.807) is 30.2 Å². The third-order valence-electron chi connectivity index (χ3n) is 7.45. The Morgan fingerprint density at radius 3 is 2.20 bits per heavy atom. The molecule has 0 atom stereocenters. The van der Waals surface area contributed by atoms with Gasteiger partial charge in [0.05, 0.1) is 46.4 Å². The van der Waals surface area contributed by atoms with Gasteiger partial charge in [0.15, 0.2) is 11.0 Å². The lowest BCUT2D eigenvalue weighted by molar-refractivity contribution is -0.671. The van der Waals surface area contributed by atoms with E-state index in [0.717, 1.165) is 24.3 Å². The van der Waals surface area contributed by atoms with E-state index in [0.29, 0.717) is 17.0 Å². The monoisotopic (exact) mass is 695 g/mol. The molecule has 1 aromatic heterocycles. The van der Waals surface area contributed by atoms with Crippen LogP contribution in [0.3, 0.4) is 0 Å². The van der Waals surface area contributed by atoms with Crippen molar-refractivity contribution in [2.24, 2.45) is 0 Å². The van der Waals surface area contributed by atoms with Crippen molar-refractivity contribution in [2.75, 3.05) is 28.6 Å². The second kappa shape index (κ2) is 13.3. The number of imidazole rings is 1. The molecule has 2 heterocycles. The fourth-order valence-electron chi connectivity index (χ4n) is 5.52. The maximum atomic E-state index is 15.7. The predicted octanol–water partition coefficient (Wildman–Crippen LogP) is 7.99. The summed E-state index contributed by atoms with van der Waals surface area (Å²) < 4.78 is 132. The molecule has 46 heavy (non-hydrogen) atoms. The van der Waals surface area contributed by atoms with Crippen LogP contribution in [-0.2, 0) is 35.6 Å². The number of aryl methyl sites for hydroxylation is 2. The molecule has 3 aromatic rings. The molecule has 250 valence electrons. The molecule has 2 aromatic carbocycles. The smallest absolute Gasteiger partial charge is 0.326 e. The second-order valence-electron chi connectivity index (χ2n) is 10.3. The summed E-state index contributed by atoms with van der Waals surface area (Å²) in [5.41, 5.74) is -0.858. The van der Waals surface area contributed by atoms with Crippen LogP contribution in [0.15, 0.2) is 60.5 Å². The average molecular weight is 696 g/mol. The molecule has 0 amide bonds. The third kappa shape index (κ3) is 7.20. The Balaban J connectivity index is 1.75. The molecule has 0 aliphatic carbocycles. The molecule has 0 unspecified atom stereocenters. The standard InChI is InChI=1S/C30H30ClF7N4O3S/c1-4-39-26-18-21(31)20(30(36,37)38)17-25(26)42(14-9-15-46(43,44)45)27(39)11-8-7-10-22(32)28-40(5-2)23-13-12-19(29(33,34)35)16-24(23)41(28)6-3/h7-8,10-13,16-18H,4-6,9,14-15H2,1-3H3/p+1. The number of anilines is 2. The number of hydrogen-bond donors (Lipinski definition) is 1. The van der Waals surface area contributed by atoms with E-state index < -0.39 is 50.2 Å². The molecule has 0 bridgehead atoms. The Labute approximate surface area is 266 Å². The molecule has 0 saturated carbocycles. The Morgan fingerprint density at radius 2 is 1.63 bits per heavy atom. The van der Waals surface area contributed by atoms with E-state index in [-0.39, 0.29) is 49.6 Å². The summed E-state index contributed by atoms with van der Waals surface area (Å²) in [7, 11) is -4.34. The number of nitrogens with zero attached hydrogens (tertiary/aromatic N) is 4. The summed E-state index contributed by atoms with van der Waals surface area (Å²) in [5, 5.41) is -0.526. The SMILES string of the molecule is CCN1\C(=C/C=C/C=C(\F)c2n(CC)c3cc(C(F)(F)F)ccc3[n+]2CC)N(CCCS(=O)(=O)O)c2cc(C(F)(F)F)c(Cl)cc21. The molecule has 1 N–H and O–H groups in total. The van der Waals surface area contributed by atoms with Crippen LogP contribution in [0, 0.1) is 0 Å². The number of alkyl halides is 6. The summed E-state index contributed by atoms with van der Waals surface area (Å²) >= 11 is 5.98. The van der Waals surface area contributed by atoms with Crippen LogP contribution in [0.1, 0.15) is 44.1 Å². The van der Waals surface area contributed by atoms with Gasteiger partial charge in [0.25, 0.3) is 10.1 Å². The lowest BCUT2D eigenvalue weighted by Gasteiger charge is -2.24. The molecular weight excluding hydrogens is 665 g/mol. The van der Waals surface area contributed by atoms with Gasteiger partial charge in [0, 0.05) is 19.2 Å². The molecular formula is C30H31ClF7N4O3S+. The van der Waals surface area contributed by atoms with Gasteiger partial charge >= 0.3 is 18.2 Å². The summed E-state index contributed by atoms with van der Waals surface area (Å²) in [6, 6.07) is 5.26. The number of fused-ring (bicyclic) bond motifs is 2. The molecule has 1 aliphatic heterocycles. The van der Waals surface area contributed by atoms with Gasteiger partial charge < -0.3 is 9.80 Å². The first-order valence-electron chi connectivity index (χ1n) is 14.2. The first kappa shape index (κ1) is 35.3. The largest absolute Gasteiger partial charge is 0.417 e. The Hall–Kier alpha value is -3.56. The molecule has 16 heteroatoms. The van der Waals surface area contributed by atoms with Crippen molar-refractivity contribution in [2.45, 2.75) is 52.6 Å². The zero-order chi connectivity index (χ0) is 34.2. The van der Waals surface area contributed by atoms with Gasteiger partial charge in [-0.25, -0.2) is 9.13 Å². The number of rotatable bonds is 10. The lowest BCUT2D eigenvalue weighted by atomic mass is 10.1. The van der Waals surface area contributed by atoms with Crippen molar-refractivity contribution in [3.63, 3.8) is 0 Å². The van der Waals surface area contributed by atoms with Crippen LogP contribution in [0.2, 0.25) is 5.02 Å². The van der Waals surface area contributed by atoms with E-state index in [1.807, 2.05) is 0 Å². The van der Waals surface area contributed by atoms with E-state index in [2.05, 4.69) is 0 Å². The summed E-state index contributed by atoms with van der Waals surface area (Å²) in [5.74, 6) is -0.966. The highest BCUT2D eigenvalue weighted by molar-refractivity contribution is 7.85. The first-order chi connectivity index (χ1) is 21.4. The third-order valence-corrected chi connectivity index (χ3v) is 8.56. The number of benzene rings is 2. The van der Waals surface area contributed by atoms with Crippen molar-refractivity contribution in [1.82, 2.24) is 4.57 Å². The van der Waals surface area contributed by atoms with E-state index in [4.69, 9.17) is 11.6 Å². The molecule has 0 radical (unpaired) electrons. The minimum absolute atomic E-state index is 0.0567. The molecule has 0 spiro atoms. The number of hydrogen-bond acceptors (Lipinski definition) is 4. The van der Waals surface area contributed by atoms with Crippen molar-refractivity contribution in [1.29, 1.82) is 0 Å². The maximum absolute atomic E-state index is 15.7. The van der Waals surface area contributed by atoms with Crippen LogP contribution < -0.4 is 14.4 Å². The summed E-state index contributed by atoms with van der Waals surface area (Å²) in [6.07, 6.45) is -4.07. The van der Waals surface area contributed by atoms with Crippen molar-refractivity contribution in [3.8, 4) is 0 Å². The van der Waals surface area contributed by atoms with Gasteiger partial charge in [0.1, 0.15) is 5.82 Å². The minimum Gasteiger partial charge on any atom is -0.326 e. The Bertz CT molecular complexity index is 1830. The molecule has 7 nitrogen and oxygen atoms in total.